The van der Waals surface area contributed by atoms with Crippen molar-refractivity contribution in [3.8, 4) is 12.3 Å². The van der Waals surface area contributed by atoms with E-state index >= 15 is 0 Å². The van der Waals surface area contributed by atoms with Gasteiger partial charge in [-0.05, 0) is 6.26 Å². The third-order valence-electron chi connectivity index (χ3n) is 1.56. The second-order valence-corrected chi connectivity index (χ2v) is 3.60. The minimum atomic E-state index is 0.0873. The van der Waals surface area contributed by atoms with Crippen molar-refractivity contribution in [2.45, 2.75) is 0 Å². The maximum absolute atomic E-state index is 11.3. The van der Waals surface area contributed by atoms with Crippen LogP contribution in [0.2, 0.25) is 0 Å². The standard InChI is InChI=1S/C9H16N2OS/c1-4-5-10-8-9(12)11(2)6-7-13-3/h1,10H,5-8H2,2-3H3. The highest BCUT2D eigenvalue weighted by Crippen LogP contribution is 1.93. The third-order valence-corrected chi connectivity index (χ3v) is 2.15. The molecule has 0 unspecified atom stereocenters. The van der Waals surface area contributed by atoms with Gasteiger partial charge >= 0.3 is 0 Å². The van der Waals surface area contributed by atoms with E-state index in [0.29, 0.717) is 13.1 Å². The van der Waals surface area contributed by atoms with Crippen LogP contribution in [0.15, 0.2) is 0 Å². The lowest BCUT2D eigenvalue weighted by molar-refractivity contribution is -0.128. The van der Waals surface area contributed by atoms with Crippen LogP contribution >= 0.6 is 11.8 Å². The van der Waals surface area contributed by atoms with E-state index in [9.17, 15) is 4.79 Å². The number of nitrogens with zero attached hydrogens (tertiary/aromatic N) is 1. The minimum absolute atomic E-state index is 0.0873. The molecule has 0 aromatic heterocycles. The first kappa shape index (κ1) is 12.3. The van der Waals surface area contributed by atoms with Crippen molar-refractivity contribution in [3.05, 3.63) is 0 Å². The van der Waals surface area contributed by atoms with Gasteiger partial charge in [-0.3, -0.25) is 10.1 Å². The van der Waals surface area contributed by atoms with Gasteiger partial charge in [0, 0.05) is 19.3 Å². The Kier molecular flexibility index (Phi) is 7.56. The van der Waals surface area contributed by atoms with Gasteiger partial charge in [-0.25, -0.2) is 0 Å². The van der Waals surface area contributed by atoms with E-state index in [1.54, 1.807) is 23.7 Å². The molecule has 0 atom stereocenters. The lowest BCUT2D eigenvalue weighted by atomic mass is 10.5. The Balaban J connectivity index is 3.52. The Morgan fingerprint density at radius 3 is 2.92 bits per heavy atom. The lowest BCUT2D eigenvalue weighted by Crippen LogP contribution is -2.36. The van der Waals surface area contributed by atoms with Crippen LogP contribution in [-0.4, -0.2) is 49.5 Å². The van der Waals surface area contributed by atoms with Gasteiger partial charge in [-0.15, -0.1) is 6.42 Å². The Morgan fingerprint density at radius 2 is 2.38 bits per heavy atom. The van der Waals surface area contributed by atoms with E-state index < -0.39 is 0 Å². The first-order chi connectivity index (χ1) is 6.22. The fourth-order valence-electron chi connectivity index (χ4n) is 0.729. The summed E-state index contributed by atoms with van der Waals surface area (Å²) in [5.41, 5.74) is 0. The minimum Gasteiger partial charge on any atom is -0.344 e. The monoisotopic (exact) mass is 200 g/mol. The summed E-state index contributed by atoms with van der Waals surface area (Å²) in [6.45, 7) is 1.56. The molecule has 0 saturated heterocycles. The van der Waals surface area contributed by atoms with Crippen LogP contribution in [-0.2, 0) is 4.79 Å². The summed E-state index contributed by atoms with van der Waals surface area (Å²) in [5.74, 6) is 3.48. The van der Waals surface area contributed by atoms with Crippen molar-refractivity contribution in [1.29, 1.82) is 0 Å². The van der Waals surface area contributed by atoms with Gasteiger partial charge in [0.2, 0.25) is 5.91 Å². The van der Waals surface area contributed by atoms with Crippen LogP contribution < -0.4 is 5.32 Å². The second-order valence-electron chi connectivity index (χ2n) is 2.62. The highest BCUT2D eigenvalue weighted by atomic mass is 32.2. The molecule has 0 aromatic rings. The van der Waals surface area contributed by atoms with Gasteiger partial charge in [-0.2, -0.15) is 11.8 Å². The third kappa shape index (κ3) is 6.50. The SMILES string of the molecule is C#CCNCC(=O)N(C)CCSC. The van der Waals surface area contributed by atoms with Crippen molar-refractivity contribution in [2.24, 2.45) is 0 Å². The average Bonchev–Trinajstić information content (AvgIpc) is 2.14. The predicted molar refractivity (Wildman–Crippen MR) is 57.7 cm³/mol. The Morgan fingerprint density at radius 1 is 1.69 bits per heavy atom. The fourth-order valence-corrected chi connectivity index (χ4v) is 1.19. The smallest absolute Gasteiger partial charge is 0.236 e. The molecule has 3 nitrogen and oxygen atoms in total. The number of terminal acetylenes is 1. The van der Waals surface area contributed by atoms with E-state index in [1.807, 2.05) is 6.26 Å². The molecule has 0 heterocycles. The van der Waals surface area contributed by atoms with Crippen LogP contribution in [0.25, 0.3) is 0 Å². The molecule has 1 amide bonds. The predicted octanol–water partition coefficient (Wildman–Crippen LogP) is 0.0306. The number of thioether (sulfide) groups is 1. The van der Waals surface area contributed by atoms with E-state index in [0.717, 1.165) is 12.3 Å². The molecule has 0 aliphatic carbocycles. The fraction of sp³-hybridized carbons (Fsp3) is 0.667. The normalized spacial score (nSPS) is 9.31. The van der Waals surface area contributed by atoms with Gasteiger partial charge in [0.1, 0.15) is 0 Å². The van der Waals surface area contributed by atoms with E-state index in [2.05, 4.69) is 11.2 Å². The molecule has 0 saturated carbocycles. The lowest BCUT2D eigenvalue weighted by Gasteiger charge is -2.16. The van der Waals surface area contributed by atoms with Gasteiger partial charge in [-0.1, -0.05) is 5.92 Å². The molecular formula is C9H16N2OS. The van der Waals surface area contributed by atoms with Crippen molar-refractivity contribution in [2.75, 3.05) is 38.7 Å². The number of carbonyl (C=O) groups excluding carboxylic acids is 1. The van der Waals surface area contributed by atoms with Crippen LogP contribution in [0, 0.1) is 12.3 Å². The topological polar surface area (TPSA) is 32.3 Å². The summed E-state index contributed by atoms with van der Waals surface area (Å²) in [7, 11) is 1.80. The molecule has 4 heteroatoms. The quantitative estimate of drug-likeness (QED) is 0.485. The maximum atomic E-state index is 11.3. The van der Waals surface area contributed by atoms with E-state index in [4.69, 9.17) is 6.42 Å². The largest absolute Gasteiger partial charge is 0.344 e. The second kappa shape index (κ2) is 7.96. The Hall–Kier alpha value is -0.660. The molecule has 0 spiro atoms. The summed E-state index contributed by atoms with van der Waals surface area (Å²) in [5, 5.41) is 2.86. The van der Waals surface area contributed by atoms with Gasteiger partial charge in [0.05, 0.1) is 13.1 Å². The van der Waals surface area contributed by atoms with Crippen LogP contribution in [0.3, 0.4) is 0 Å². The number of carbonyl (C=O) groups is 1. The summed E-state index contributed by atoms with van der Waals surface area (Å²) in [6, 6.07) is 0. The molecular weight excluding hydrogens is 184 g/mol. The highest BCUT2D eigenvalue weighted by molar-refractivity contribution is 7.98. The van der Waals surface area contributed by atoms with Crippen LogP contribution in [0.5, 0.6) is 0 Å². The number of amides is 1. The van der Waals surface area contributed by atoms with Gasteiger partial charge in [0.25, 0.3) is 0 Å². The zero-order valence-corrected chi connectivity index (χ0v) is 8.99. The number of rotatable bonds is 6. The van der Waals surface area contributed by atoms with Crippen LogP contribution in [0.4, 0.5) is 0 Å². The molecule has 0 aromatic carbocycles. The van der Waals surface area contributed by atoms with E-state index in [1.165, 1.54) is 0 Å². The first-order valence-corrected chi connectivity index (χ1v) is 5.48. The zero-order chi connectivity index (χ0) is 10.1. The zero-order valence-electron chi connectivity index (χ0n) is 8.17. The number of hydrogen-bond donors (Lipinski definition) is 1. The van der Waals surface area contributed by atoms with Crippen molar-refractivity contribution < 1.29 is 4.79 Å². The summed E-state index contributed by atoms with van der Waals surface area (Å²) in [6.07, 6.45) is 7.05. The Labute approximate surface area is 84.3 Å². The summed E-state index contributed by atoms with van der Waals surface area (Å²) < 4.78 is 0. The van der Waals surface area contributed by atoms with Crippen molar-refractivity contribution in [3.63, 3.8) is 0 Å². The first-order valence-electron chi connectivity index (χ1n) is 4.09. The van der Waals surface area contributed by atoms with Crippen molar-refractivity contribution >= 4 is 17.7 Å². The summed E-state index contributed by atoms with van der Waals surface area (Å²) in [4.78, 5) is 13.0. The molecule has 74 valence electrons. The van der Waals surface area contributed by atoms with Gasteiger partial charge < -0.3 is 4.90 Å². The molecule has 0 radical (unpaired) electrons. The molecule has 0 fully saturated rings. The highest BCUT2D eigenvalue weighted by Gasteiger charge is 2.05. The maximum Gasteiger partial charge on any atom is 0.236 e. The number of likely N-dealkylation sites (N-methyl/N-ethyl adjacent to an activating group) is 1. The number of hydrogen-bond acceptors (Lipinski definition) is 3. The molecule has 0 aliphatic heterocycles. The molecule has 0 bridgehead atoms. The van der Waals surface area contributed by atoms with Gasteiger partial charge in [0.15, 0.2) is 0 Å². The average molecular weight is 200 g/mol. The Bertz CT molecular complexity index is 189. The van der Waals surface area contributed by atoms with Crippen molar-refractivity contribution in [1.82, 2.24) is 10.2 Å². The number of nitrogens with one attached hydrogen (secondary N) is 1. The van der Waals surface area contributed by atoms with E-state index in [-0.39, 0.29) is 5.91 Å². The molecule has 13 heavy (non-hydrogen) atoms. The molecule has 0 aliphatic rings. The molecule has 1 N–H and O–H groups in total. The van der Waals surface area contributed by atoms with Crippen LogP contribution in [0.1, 0.15) is 0 Å². The molecule has 0 rings (SSSR count). The summed E-state index contributed by atoms with van der Waals surface area (Å²) >= 11 is 1.73.